The van der Waals surface area contributed by atoms with Crippen LogP contribution in [0.15, 0.2) is 35.2 Å². The van der Waals surface area contributed by atoms with Gasteiger partial charge in [-0.2, -0.15) is 13.2 Å². The molecule has 1 nitrogen and oxygen atoms in total. The van der Waals surface area contributed by atoms with E-state index in [0.29, 0.717) is 4.90 Å². The Hall–Kier alpha value is -0.840. The van der Waals surface area contributed by atoms with Crippen LogP contribution in [0.5, 0.6) is 0 Å². The Morgan fingerprint density at radius 2 is 1.71 bits per heavy atom. The Bertz CT molecular complexity index is 308. The maximum Gasteiger partial charge on any atom is 0.390 e. The Kier molecular flexibility index (Phi) is 3.69. The van der Waals surface area contributed by atoms with Crippen molar-refractivity contribution < 1.29 is 17.4 Å². The van der Waals surface area contributed by atoms with Gasteiger partial charge in [-0.1, -0.05) is 18.2 Å². The SMILES string of the molecule is O=S(CCC(F)(F)F)c1ccccc1. The molecule has 0 saturated heterocycles. The lowest BCUT2D eigenvalue weighted by molar-refractivity contribution is -0.129. The second kappa shape index (κ2) is 4.59. The van der Waals surface area contributed by atoms with Crippen LogP contribution in [-0.2, 0) is 10.8 Å². The lowest BCUT2D eigenvalue weighted by Gasteiger charge is -2.05. The largest absolute Gasteiger partial charge is 0.390 e. The molecule has 1 atom stereocenters. The summed E-state index contributed by atoms with van der Waals surface area (Å²) in [5.74, 6) is -0.368. The third kappa shape index (κ3) is 3.91. The van der Waals surface area contributed by atoms with Gasteiger partial charge in [-0.25, -0.2) is 0 Å². The van der Waals surface area contributed by atoms with E-state index in [1.165, 1.54) is 0 Å². The monoisotopic (exact) mass is 222 g/mol. The lowest BCUT2D eigenvalue weighted by atomic mass is 10.4. The number of benzene rings is 1. The predicted molar refractivity (Wildman–Crippen MR) is 48.4 cm³/mol. The molecule has 0 N–H and O–H groups in total. The Morgan fingerprint density at radius 3 is 2.21 bits per heavy atom. The van der Waals surface area contributed by atoms with E-state index in [1.807, 2.05) is 0 Å². The maximum absolute atomic E-state index is 11.8. The highest BCUT2D eigenvalue weighted by Gasteiger charge is 2.27. The van der Waals surface area contributed by atoms with Gasteiger partial charge in [0, 0.05) is 10.6 Å². The zero-order valence-electron chi connectivity index (χ0n) is 7.25. The highest BCUT2D eigenvalue weighted by atomic mass is 32.2. The highest BCUT2D eigenvalue weighted by molar-refractivity contribution is 7.85. The van der Waals surface area contributed by atoms with Crippen LogP contribution in [0.3, 0.4) is 0 Å². The molecule has 0 saturated carbocycles. The molecular weight excluding hydrogens is 213 g/mol. The van der Waals surface area contributed by atoms with Gasteiger partial charge in [-0.3, -0.25) is 4.21 Å². The predicted octanol–water partition coefficient (Wildman–Crippen LogP) is 2.75. The zero-order valence-corrected chi connectivity index (χ0v) is 8.07. The molecule has 0 radical (unpaired) electrons. The van der Waals surface area contributed by atoms with Crippen molar-refractivity contribution in [3.8, 4) is 0 Å². The normalized spacial score (nSPS) is 13.9. The van der Waals surface area contributed by atoms with Gasteiger partial charge in [0.25, 0.3) is 0 Å². The third-order valence-corrected chi connectivity index (χ3v) is 2.95. The van der Waals surface area contributed by atoms with Gasteiger partial charge in [0.15, 0.2) is 0 Å². The number of alkyl halides is 3. The average molecular weight is 222 g/mol. The van der Waals surface area contributed by atoms with Gasteiger partial charge in [-0.05, 0) is 12.1 Å². The Morgan fingerprint density at radius 1 is 1.14 bits per heavy atom. The summed E-state index contributed by atoms with van der Waals surface area (Å²) in [7, 11) is -1.55. The summed E-state index contributed by atoms with van der Waals surface area (Å²) < 4.78 is 46.7. The molecule has 0 fully saturated rings. The molecule has 0 aliphatic rings. The summed E-state index contributed by atoms with van der Waals surface area (Å²) in [5.41, 5.74) is 0. The van der Waals surface area contributed by atoms with Gasteiger partial charge in [0.1, 0.15) is 0 Å². The van der Waals surface area contributed by atoms with Gasteiger partial charge in [0.05, 0.1) is 17.2 Å². The van der Waals surface area contributed by atoms with Gasteiger partial charge >= 0.3 is 6.18 Å². The van der Waals surface area contributed by atoms with Crippen LogP contribution < -0.4 is 0 Å². The van der Waals surface area contributed by atoms with Crippen molar-refractivity contribution in [1.82, 2.24) is 0 Å². The second-order valence-corrected chi connectivity index (χ2v) is 4.30. The van der Waals surface area contributed by atoms with Crippen LogP contribution >= 0.6 is 0 Å². The van der Waals surface area contributed by atoms with Crippen molar-refractivity contribution in [3.05, 3.63) is 30.3 Å². The topological polar surface area (TPSA) is 17.1 Å². The first-order chi connectivity index (χ1) is 6.49. The molecule has 0 bridgehead atoms. The van der Waals surface area contributed by atoms with Crippen LogP contribution in [0.1, 0.15) is 6.42 Å². The van der Waals surface area contributed by atoms with E-state index in [4.69, 9.17) is 0 Å². The molecule has 1 unspecified atom stereocenters. The number of hydrogen-bond acceptors (Lipinski definition) is 1. The minimum atomic E-state index is -4.23. The van der Waals surface area contributed by atoms with Crippen LogP contribution in [-0.4, -0.2) is 16.1 Å². The van der Waals surface area contributed by atoms with E-state index in [1.54, 1.807) is 30.3 Å². The summed E-state index contributed by atoms with van der Waals surface area (Å²) in [5, 5.41) is 0. The van der Waals surface area contributed by atoms with Crippen molar-refractivity contribution >= 4 is 10.8 Å². The smallest absolute Gasteiger partial charge is 0.254 e. The van der Waals surface area contributed by atoms with Crippen LogP contribution in [0.25, 0.3) is 0 Å². The molecule has 0 amide bonds. The van der Waals surface area contributed by atoms with E-state index in [2.05, 4.69) is 0 Å². The third-order valence-electron chi connectivity index (χ3n) is 1.58. The minimum absolute atomic E-state index is 0.368. The van der Waals surface area contributed by atoms with E-state index >= 15 is 0 Å². The molecule has 1 rings (SSSR count). The minimum Gasteiger partial charge on any atom is -0.254 e. The maximum atomic E-state index is 11.8. The van der Waals surface area contributed by atoms with Gasteiger partial charge in [-0.15, -0.1) is 0 Å². The highest BCUT2D eigenvalue weighted by Crippen LogP contribution is 2.20. The summed E-state index contributed by atoms with van der Waals surface area (Å²) in [6.07, 6.45) is -5.24. The zero-order chi connectivity index (χ0) is 10.6. The average Bonchev–Trinajstić information content (AvgIpc) is 2.14. The van der Waals surface area contributed by atoms with Crippen molar-refractivity contribution in [2.45, 2.75) is 17.5 Å². The fourth-order valence-corrected chi connectivity index (χ4v) is 2.01. The molecule has 0 aromatic heterocycles. The van der Waals surface area contributed by atoms with E-state index in [-0.39, 0.29) is 5.75 Å². The summed E-state index contributed by atoms with van der Waals surface area (Å²) in [4.78, 5) is 0.441. The first-order valence-electron chi connectivity index (χ1n) is 3.99. The molecule has 0 heterocycles. The quantitative estimate of drug-likeness (QED) is 0.768. The molecule has 1 aromatic carbocycles. The van der Waals surface area contributed by atoms with Crippen LogP contribution in [0.4, 0.5) is 13.2 Å². The molecule has 5 heteroatoms. The Labute approximate surface area is 82.4 Å². The summed E-state index contributed by atoms with van der Waals surface area (Å²) in [6.45, 7) is 0. The molecule has 0 aliphatic carbocycles. The first-order valence-corrected chi connectivity index (χ1v) is 5.31. The molecule has 1 aromatic rings. The Balaban J connectivity index is 2.52. The van der Waals surface area contributed by atoms with Crippen molar-refractivity contribution in [1.29, 1.82) is 0 Å². The fourth-order valence-electron chi connectivity index (χ4n) is 0.899. The second-order valence-electron chi connectivity index (χ2n) is 2.73. The lowest BCUT2D eigenvalue weighted by Crippen LogP contribution is -2.12. The van der Waals surface area contributed by atoms with Gasteiger partial charge < -0.3 is 0 Å². The molecular formula is C9H9F3OS. The van der Waals surface area contributed by atoms with Crippen LogP contribution in [0.2, 0.25) is 0 Å². The molecule has 0 aliphatic heterocycles. The summed E-state index contributed by atoms with van der Waals surface area (Å²) >= 11 is 0. The van der Waals surface area contributed by atoms with Crippen molar-refractivity contribution in [2.24, 2.45) is 0 Å². The molecule has 14 heavy (non-hydrogen) atoms. The van der Waals surface area contributed by atoms with E-state index in [0.717, 1.165) is 0 Å². The molecule has 78 valence electrons. The fraction of sp³-hybridized carbons (Fsp3) is 0.333. The summed E-state index contributed by atoms with van der Waals surface area (Å²) in [6, 6.07) is 8.16. The van der Waals surface area contributed by atoms with Crippen molar-refractivity contribution in [3.63, 3.8) is 0 Å². The van der Waals surface area contributed by atoms with E-state index < -0.39 is 23.4 Å². The van der Waals surface area contributed by atoms with E-state index in [9.17, 15) is 17.4 Å². The van der Waals surface area contributed by atoms with Crippen LogP contribution in [0, 0.1) is 0 Å². The number of halogens is 3. The molecule has 0 spiro atoms. The van der Waals surface area contributed by atoms with Gasteiger partial charge in [0.2, 0.25) is 0 Å². The first kappa shape index (κ1) is 11.2. The standard InChI is InChI=1S/C9H9F3OS/c10-9(11,12)6-7-14(13)8-4-2-1-3-5-8/h1-5H,6-7H2. The van der Waals surface area contributed by atoms with Crippen molar-refractivity contribution in [2.75, 3.05) is 5.75 Å². The number of hydrogen-bond donors (Lipinski definition) is 0. The number of rotatable bonds is 3.